The average molecular weight is 501 g/mol. The molecule has 0 saturated heterocycles. The second-order valence-electron chi connectivity index (χ2n) is 9.04. The minimum absolute atomic E-state index is 0.0355. The summed E-state index contributed by atoms with van der Waals surface area (Å²) in [7, 11) is 2.81. The number of hydrogen-bond donors (Lipinski definition) is 0. The molecule has 2 aliphatic rings. The predicted octanol–water partition coefficient (Wildman–Crippen LogP) is 4.15. The first-order chi connectivity index (χ1) is 18.0. The van der Waals surface area contributed by atoms with Gasteiger partial charge in [-0.25, -0.2) is 0 Å². The highest BCUT2D eigenvalue weighted by molar-refractivity contribution is 6.15. The SMILES string of the molecule is COC(=O)CCC(=O)N1C[C@@H]2Cc3ccccc3N2C(=O)c2cc(OC)c(OCc3ccccc3)cc21. The highest BCUT2D eigenvalue weighted by atomic mass is 16.5. The van der Waals surface area contributed by atoms with Crippen molar-refractivity contribution in [3.05, 3.63) is 83.4 Å². The maximum absolute atomic E-state index is 13.9. The van der Waals surface area contributed by atoms with Crippen LogP contribution in [0.15, 0.2) is 66.7 Å². The molecule has 190 valence electrons. The number of rotatable bonds is 7. The Bertz CT molecular complexity index is 1340. The lowest BCUT2D eigenvalue weighted by Crippen LogP contribution is -2.44. The predicted molar refractivity (Wildman–Crippen MR) is 138 cm³/mol. The van der Waals surface area contributed by atoms with Gasteiger partial charge in [-0.1, -0.05) is 48.5 Å². The van der Waals surface area contributed by atoms with Crippen molar-refractivity contribution in [1.29, 1.82) is 0 Å². The Morgan fingerprint density at radius 1 is 0.919 bits per heavy atom. The Morgan fingerprint density at radius 3 is 2.43 bits per heavy atom. The maximum atomic E-state index is 13.9. The molecule has 5 rings (SSSR count). The van der Waals surface area contributed by atoms with Crippen molar-refractivity contribution in [2.75, 3.05) is 30.6 Å². The molecule has 3 aromatic rings. The van der Waals surface area contributed by atoms with E-state index in [1.54, 1.807) is 21.9 Å². The summed E-state index contributed by atoms with van der Waals surface area (Å²) < 4.78 is 16.4. The van der Waals surface area contributed by atoms with Crippen LogP contribution in [0.25, 0.3) is 0 Å². The number of amides is 2. The minimum Gasteiger partial charge on any atom is -0.493 e. The monoisotopic (exact) mass is 500 g/mol. The van der Waals surface area contributed by atoms with E-state index in [-0.39, 0.29) is 37.2 Å². The van der Waals surface area contributed by atoms with Crippen LogP contribution in [0.2, 0.25) is 0 Å². The molecule has 8 heteroatoms. The molecule has 0 saturated carbocycles. The van der Waals surface area contributed by atoms with Gasteiger partial charge in [0.25, 0.3) is 5.91 Å². The summed E-state index contributed by atoms with van der Waals surface area (Å²) >= 11 is 0. The van der Waals surface area contributed by atoms with Gasteiger partial charge < -0.3 is 24.0 Å². The molecule has 2 heterocycles. The molecule has 0 aliphatic carbocycles. The van der Waals surface area contributed by atoms with E-state index in [1.807, 2.05) is 54.6 Å². The molecule has 3 aromatic carbocycles. The molecule has 0 fully saturated rings. The molecule has 1 atom stereocenters. The molecule has 37 heavy (non-hydrogen) atoms. The molecular weight excluding hydrogens is 472 g/mol. The molecule has 2 amide bonds. The fraction of sp³-hybridized carbons (Fsp3) is 0.276. The van der Waals surface area contributed by atoms with Gasteiger partial charge >= 0.3 is 5.97 Å². The summed E-state index contributed by atoms with van der Waals surface area (Å²) in [5.74, 6) is -0.115. The van der Waals surface area contributed by atoms with Crippen molar-refractivity contribution in [3.63, 3.8) is 0 Å². The Balaban J connectivity index is 1.56. The largest absolute Gasteiger partial charge is 0.493 e. The first-order valence-electron chi connectivity index (χ1n) is 12.2. The number of nitrogens with zero attached hydrogens (tertiary/aromatic N) is 2. The Hall–Kier alpha value is -4.33. The number of hydrogen-bond acceptors (Lipinski definition) is 6. The van der Waals surface area contributed by atoms with Crippen LogP contribution in [-0.4, -0.2) is 44.6 Å². The number of anilines is 2. The number of esters is 1. The van der Waals surface area contributed by atoms with Crippen LogP contribution >= 0.6 is 0 Å². The number of carbonyl (C=O) groups excluding carboxylic acids is 3. The van der Waals surface area contributed by atoms with Crippen LogP contribution in [0, 0.1) is 0 Å². The van der Waals surface area contributed by atoms with Crippen molar-refractivity contribution in [2.45, 2.75) is 31.9 Å². The van der Waals surface area contributed by atoms with Crippen LogP contribution in [-0.2, 0) is 27.4 Å². The van der Waals surface area contributed by atoms with Crippen molar-refractivity contribution >= 4 is 29.2 Å². The van der Waals surface area contributed by atoms with Gasteiger partial charge in [-0.2, -0.15) is 0 Å². The smallest absolute Gasteiger partial charge is 0.306 e. The molecule has 0 bridgehead atoms. The fourth-order valence-corrected chi connectivity index (χ4v) is 4.95. The van der Waals surface area contributed by atoms with Gasteiger partial charge in [0.2, 0.25) is 5.91 Å². The highest BCUT2D eigenvalue weighted by Crippen LogP contribution is 2.42. The third-order valence-electron chi connectivity index (χ3n) is 6.80. The number of methoxy groups -OCH3 is 2. The van der Waals surface area contributed by atoms with E-state index < -0.39 is 5.97 Å². The quantitative estimate of drug-likeness (QED) is 0.453. The third-order valence-corrected chi connectivity index (χ3v) is 6.80. The first-order valence-corrected chi connectivity index (χ1v) is 12.2. The van der Waals surface area contributed by atoms with Crippen LogP contribution < -0.4 is 19.3 Å². The van der Waals surface area contributed by atoms with Crippen molar-refractivity contribution in [3.8, 4) is 11.5 Å². The summed E-state index contributed by atoms with van der Waals surface area (Å²) in [5.41, 5.74) is 3.65. The zero-order valence-corrected chi connectivity index (χ0v) is 20.8. The summed E-state index contributed by atoms with van der Waals surface area (Å²) in [6, 6.07) is 20.6. The average Bonchev–Trinajstić information content (AvgIpc) is 3.25. The maximum Gasteiger partial charge on any atom is 0.306 e. The van der Waals surface area contributed by atoms with Crippen LogP contribution in [0.3, 0.4) is 0 Å². The Labute approximate surface area is 215 Å². The zero-order valence-electron chi connectivity index (χ0n) is 20.8. The first kappa shape index (κ1) is 24.4. The van der Waals surface area contributed by atoms with E-state index in [9.17, 15) is 14.4 Å². The van der Waals surface area contributed by atoms with E-state index in [0.717, 1.165) is 16.8 Å². The lowest BCUT2D eigenvalue weighted by molar-refractivity contribution is -0.141. The van der Waals surface area contributed by atoms with Crippen LogP contribution in [0.5, 0.6) is 11.5 Å². The Kier molecular flexibility index (Phi) is 6.81. The van der Waals surface area contributed by atoms with Crippen molar-refractivity contribution in [1.82, 2.24) is 0 Å². The van der Waals surface area contributed by atoms with Gasteiger partial charge in [0, 0.05) is 24.7 Å². The summed E-state index contributed by atoms with van der Waals surface area (Å²) in [6.07, 6.45) is 0.550. The minimum atomic E-state index is -0.462. The molecule has 8 nitrogen and oxygen atoms in total. The van der Waals surface area contributed by atoms with E-state index in [0.29, 0.717) is 35.8 Å². The standard InChI is InChI=1S/C29H28N2O6/c1-35-25-15-22-24(16-26(25)37-18-19-8-4-3-5-9-19)30(27(32)12-13-28(33)36-2)17-21-14-20-10-6-7-11-23(20)31(21)29(22)34/h3-11,15-16,21H,12-14,17-18H2,1-2H3/t21-/m0/s1. The molecule has 0 radical (unpaired) electrons. The summed E-state index contributed by atoms with van der Waals surface area (Å²) in [4.78, 5) is 42.5. The molecule has 0 aromatic heterocycles. The normalized spacial score (nSPS) is 15.8. The van der Waals surface area contributed by atoms with Gasteiger partial charge in [0.1, 0.15) is 6.61 Å². The number of para-hydroxylation sites is 1. The van der Waals surface area contributed by atoms with Gasteiger partial charge in [-0.05, 0) is 29.7 Å². The van der Waals surface area contributed by atoms with Crippen LogP contribution in [0.1, 0.15) is 34.3 Å². The van der Waals surface area contributed by atoms with E-state index in [1.165, 1.54) is 14.2 Å². The van der Waals surface area contributed by atoms with E-state index in [2.05, 4.69) is 0 Å². The lowest BCUT2D eigenvalue weighted by Gasteiger charge is -2.27. The second kappa shape index (κ2) is 10.3. The Morgan fingerprint density at radius 2 is 1.68 bits per heavy atom. The third kappa shape index (κ3) is 4.74. The topological polar surface area (TPSA) is 85.4 Å². The number of benzene rings is 3. The molecule has 0 N–H and O–H groups in total. The van der Waals surface area contributed by atoms with Crippen molar-refractivity contribution in [2.24, 2.45) is 0 Å². The van der Waals surface area contributed by atoms with Crippen molar-refractivity contribution < 1.29 is 28.6 Å². The van der Waals surface area contributed by atoms with Gasteiger partial charge in [-0.3, -0.25) is 14.4 Å². The molecule has 0 spiro atoms. The van der Waals surface area contributed by atoms with E-state index in [4.69, 9.17) is 14.2 Å². The second-order valence-corrected chi connectivity index (χ2v) is 9.04. The highest BCUT2D eigenvalue weighted by Gasteiger charge is 2.41. The van der Waals surface area contributed by atoms with Crippen LogP contribution in [0.4, 0.5) is 11.4 Å². The van der Waals surface area contributed by atoms with E-state index >= 15 is 0 Å². The zero-order chi connectivity index (χ0) is 25.9. The molecular formula is C29H28N2O6. The number of fused-ring (bicyclic) bond motifs is 4. The van der Waals surface area contributed by atoms with Gasteiger partial charge in [0.05, 0.1) is 37.9 Å². The number of ether oxygens (including phenoxy) is 3. The summed E-state index contributed by atoms with van der Waals surface area (Å²) in [6.45, 7) is 0.584. The number of carbonyl (C=O) groups is 3. The summed E-state index contributed by atoms with van der Waals surface area (Å²) in [5, 5.41) is 0. The molecule has 2 aliphatic heterocycles. The fourth-order valence-electron chi connectivity index (χ4n) is 4.95. The van der Waals surface area contributed by atoms with Gasteiger partial charge in [0.15, 0.2) is 11.5 Å². The molecule has 0 unspecified atom stereocenters. The lowest BCUT2D eigenvalue weighted by atomic mass is 10.1. The van der Waals surface area contributed by atoms with Gasteiger partial charge in [-0.15, -0.1) is 0 Å².